The number of nitrogens with two attached hydrogens (primary N) is 1. The molecule has 4 nitrogen and oxygen atoms in total. The van der Waals surface area contributed by atoms with Gasteiger partial charge in [-0.25, -0.2) is 4.98 Å². The SMILES string of the molecule is NCCc1c(-c2ccco2)nc2scc(-c3ccccc3)n12. The fourth-order valence-corrected chi connectivity index (χ4v) is 3.62. The molecule has 3 aromatic heterocycles. The molecule has 22 heavy (non-hydrogen) atoms. The van der Waals surface area contributed by atoms with Gasteiger partial charge in [0.2, 0.25) is 0 Å². The van der Waals surface area contributed by atoms with Gasteiger partial charge in [-0.15, -0.1) is 11.3 Å². The third-order valence-corrected chi connectivity index (χ3v) is 4.49. The Morgan fingerprint density at radius 2 is 2.00 bits per heavy atom. The fraction of sp³-hybridized carbons (Fsp3) is 0.118. The minimum Gasteiger partial charge on any atom is -0.463 e. The van der Waals surface area contributed by atoms with Crippen LogP contribution in [-0.4, -0.2) is 15.9 Å². The number of furan rings is 1. The first-order valence-electron chi connectivity index (χ1n) is 7.16. The van der Waals surface area contributed by atoms with Crippen LogP contribution in [-0.2, 0) is 6.42 Å². The van der Waals surface area contributed by atoms with Crippen LogP contribution in [0.2, 0.25) is 0 Å². The second-order valence-corrected chi connectivity index (χ2v) is 5.86. The number of hydrogen-bond donors (Lipinski definition) is 1. The molecule has 0 atom stereocenters. The first-order valence-corrected chi connectivity index (χ1v) is 8.04. The Hall–Kier alpha value is -2.37. The number of imidazole rings is 1. The molecule has 1 aromatic carbocycles. The molecule has 4 rings (SSSR count). The van der Waals surface area contributed by atoms with Gasteiger partial charge in [0, 0.05) is 11.8 Å². The van der Waals surface area contributed by atoms with E-state index in [-0.39, 0.29) is 0 Å². The van der Waals surface area contributed by atoms with Crippen molar-refractivity contribution in [3.05, 3.63) is 59.8 Å². The minimum atomic E-state index is 0.575. The predicted octanol–water partition coefficient (Wildman–Crippen LogP) is 3.82. The van der Waals surface area contributed by atoms with Crippen LogP contribution >= 0.6 is 11.3 Å². The minimum absolute atomic E-state index is 0.575. The smallest absolute Gasteiger partial charge is 0.195 e. The molecule has 5 heteroatoms. The van der Waals surface area contributed by atoms with Gasteiger partial charge in [0.05, 0.1) is 17.7 Å². The molecule has 0 aliphatic heterocycles. The van der Waals surface area contributed by atoms with Gasteiger partial charge in [-0.3, -0.25) is 4.40 Å². The van der Waals surface area contributed by atoms with E-state index in [4.69, 9.17) is 15.1 Å². The lowest BCUT2D eigenvalue weighted by atomic mass is 10.1. The Kier molecular flexibility index (Phi) is 3.29. The zero-order valence-corrected chi connectivity index (χ0v) is 12.7. The Morgan fingerprint density at radius 1 is 1.14 bits per heavy atom. The second-order valence-electron chi connectivity index (χ2n) is 5.03. The lowest BCUT2D eigenvalue weighted by molar-refractivity contribution is 0.579. The molecule has 0 aliphatic carbocycles. The molecule has 0 aliphatic rings. The van der Waals surface area contributed by atoms with Gasteiger partial charge in [-0.1, -0.05) is 30.3 Å². The van der Waals surface area contributed by atoms with E-state index in [9.17, 15) is 0 Å². The van der Waals surface area contributed by atoms with Crippen LogP contribution in [0.5, 0.6) is 0 Å². The zero-order valence-electron chi connectivity index (χ0n) is 11.9. The highest BCUT2D eigenvalue weighted by Gasteiger charge is 2.19. The number of thiazole rings is 1. The molecule has 3 heterocycles. The van der Waals surface area contributed by atoms with Gasteiger partial charge in [-0.05, 0) is 24.2 Å². The summed E-state index contributed by atoms with van der Waals surface area (Å²) in [4.78, 5) is 5.72. The van der Waals surface area contributed by atoms with Crippen molar-refractivity contribution >= 4 is 16.3 Å². The van der Waals surface area contributed by atoms with Crippen LogP contribution in [0, 0.1) is 0 Å². The number of aromatic nitrogens is 2. The maximum Gasteiger partial charge on any atom is 0.195 e. The van der Waals surface area contributed by atoms with E-state index in [1.165, 1.54) is 5.56 Å². The molecule has 0 bridgehead atoms. The quantitative estimate of drug-likeness (QED) is 0.623. The van der Waals surface area contributed by atoms with E-state index in [0.29, 0.717) is 6.54 Å². The number of hydrogen-bond acceptors (Lipinski definition) is 4. The van der Waals surface area contributed by atoms with Gasteiger partial charge in [0.1, 0.15) is 5.69 Å². The van der Waals surface area contributed by atoms with E-state index < -0.39 is 0 Å². The van der Waals surface area contributed by atoms with E-state index in [2.05, 4.69) is 21.9 Å². The molecule has 4 aromatic rings. The van der Waals surface area contributed by atoms with Crippen LogP contribution in [0.25, 0.3) is 27.7 Å². The van der Waals surface area contributed by atoms with Crippen molar-refractivity contribution in [3.63, 3.8) is 0 Å². The Morgan fingerprint density at radius 3 is 2.73 bits per heavy atom. The van der Waals surface area contributed by atoms with Crippen molar-refractivity contribution in [1.29, 1.82) is 0 Å². The summed E-state index contributed by atoms with van der Waals surface area (Å²) in [6.07, 6.45) is 2.43. The molecule has 0 saturated carbocycles. The molecule has 0 spiro atoms. The van der Waals surface area contributed by atoms with Crippen molar-refractivity contribution in [1.82, 2.24) is 9.38 Å². The molecule has 2 N–H and O–H groups in total. The summed E-state index contributed by atoms with van der Waals surface area (Å²) in [5.41, 5.74) is 10.1. The highest BCUT2D eigenvalue weighted by molar-refractivity contribution is 7.15. The Balaban J connectivity index is 1.97. The lowest BCUT2D eigenvalue weighted by Gasteiger charge is -2.05. The topological polar surface area (TPSA) is 56.5 Å². The summed E-state index contributed by atoms with van der Waals surface area (Å²) in [6, 6.07) is 14.2. The van der Waals surface area contributed by atoms with Crippen LogP contribution in [0.15, 0.2) is 58.5 Å². The van der Waals surface area contributed by atoms with Gasteiger partial charge in [-0.2, -0.15) is 0 Å². The molecule has 0 radical (unpaired) electrons. The third kappa shape index (κ3) is 2.06. The number of nitrogens with zero attached hydrogens (tertiary/aromatic N) is 2. The van der Waals surface area contributed by atoms with Gasteiger partial charge < -0.3 is 10.2 Å². The maximum atomic E-state index is 5.82. The van der Waals surface area contributed by atoms with Crippen molar-refractivity contribution in [2.24, 2.45) is 5.73 Å². The maximum absolute atomic E-state index is 5.82. The lowest BCUT2D eigenvalue weighted by Crippen LogP contribution is -2.06. The summed E-state index contributed by atoms with van der Waals surface area (Å²) in [6.45, 7) is 0.575. The molecule has 110 valence electrons. The predicted molar refractivity (Wildman–Crippen MR) is 89.0 cm³/mol. The molecule has 0 saturated heterocycles. The fourth-order valence-electron chi connectivity index (χ4n) is 2.70. The molecule has 0 amide bonds. The van der Waals surface area contributed by atoms with E-state index in [0.717, 1.165) is 34.2 Å². The summed E-state index contributed by atoms with van der Waals surface area (Å²) < 4.78 is 7.74. The van der Waals surface area contributed by atoms with Crippen LogP contribution in [0.1, 0.15) is 5.69 Å². The standard InChI is InChI=1S/C17H15N3OS/c18-9-8-13-16(15-7-4-10-21-15)19-17-20(13)14(11-22-17)12-5-2-1-3-6-12/h1-7,10-11H,8-9,18H2. The highest BCUT2D eigenvalue weighted by Crippen LogP contribution is 2.33. The summed E-state index contributed by atoms with van der Waals surface area (Å²) in [5.74, 6) is 0.790. The highest BCUT2D eigenvalue weighted by atomic mass is 32.1. The zero-order chi connectivity index (χ0) is 14.9. The van der Waals surface area contributed by atoms with Gasteiger partial charge >= 0.3 is 0 Å². The summed E-state index contributed by atoms with van der Waals surface area (Å²) in [7, 11) is 0. The molecular weight excluding hydrogens is 294 g/mol. The third-order valence-electron chi connectivity index (χ3n) is 3.66. The van der Waals surface area contributed by atoms with Crippen molar-refractivity contribution < 1.29 is 4.42 Å². The van der Waals surface area contributed by atoms with Crippen LogP contribution < -0.4 is 5.73 Å². The second kappa shape index (κ2) is 5.44. The molecule has 0 fully saturated rings. The van der Waals surface area contributed by atoms with Crippen molar-refractivity contribution in [3.8, 4) is 22.7 Å². The van der Waals surface area contributed by atoms with E-state index in [1.54, 1.807) is 17.6 Å². The average Bonchev–Trinajstić information content (AvgIpc) is 3.25. The Bertz CT molecular complexity index is 891. The largest absolute Gasteiger partial charge is 0.463 e. The van der Waals surface area contributed by atoms with Crippen LogP contribution in [0.3, 0.4) is 0 Å². The first kappa shape index (κ1) is 13.3. The number of rotatable bonds is 4. The monoisotopic (exact) mass is 309 g/mol. The van der Waals surface area contributed by atoms with Gasteiger partial charge in [0.15, 0.2) is 10.7 Å². The molecular formula is C17H15N3OS. The van der Waals surface area contributed by atoms with Crippen LogP contribution in [0.4, 0.5) is 0 Å². The van der Waals surface area contributed by atoms with Gasteiger partial charge in [0.25, 0.3) is 0 Å². The van der Waals surface area contributed by atoms with Crippen molar-refractivity contribution in [2.45, 2.75) is 6.42 Å². The summed E-state index contributed by atoms with van der Waals surface area (Å²) >= 11 is 1.64. The van der Waals surface area contributed by atoms with Crippen molar-refractivity contribution in [2.75, 3.05) is 6.54 Å². The normalized spacial score (nSPS) is 11.3. The number of benzene rings is 1. The molecule has 0 unspecified atom stereocenters. The van der Waals surface area contributed by atoms with E-state index in [1.807, 2.05) is 30.3 Å². The number of fused-ring (bicyclic) bond motifs is 1. The van der Waals surface area contributed by atoms with E-state index >= 15 is 0 Å². The average molecular weight is 309 g/mol. The summed E-state index contributed by atoms with van der Waals surface area (Å²) in [5, 5.41) is 2.14. The Labute approximate surface area is 131 Å². The first-order chi connectivity index (χ1) is 10.9.